The van der Waals surface area contributed by atoms with Crippen molar-refractivity contribution in [3.63, 3.8) is 0 Å². The van der Waals surface area contributed by atoms with E-state index in [2.05, 4.69) is 5.32 Å². The average Bonchev–Trinajstić information content (AvgIpc) is 3.08. The Hall–Kier alpha value is -4.51. The second kappa shape index (κ2) is 16.0. The van der Waals surface area contributed by atoms with E-state index < -0.39 is 66.0 Å². The first-order valence-corrected chi connectivity index (χ1v) is 18.4. The molecule has 0 radical (unpaired) electrons. The van der Waals surface area contributed by atoms with Gasteiger partial charge in [-0.3, -0.25) is 10.1 Å². The first-order valence-electron chi connectivity index (χ1n) is 16.4. The van der Waals surface area contributed by atoms with Gasteiger partial charge in [0.15, 0.2) is 0 Å². The van der Waals surface area contributed by atoms with Crippen LogP contribution in [-0.2, 0) is 25.8 Å². The van der Waals surface area contributed by atoms with E-state index >= 15 is 4.39 Å². The van der Waals surface area contributed by atoms with Crippen LogP contribution in [0.5, 0.6) is 0 Å². The third-order valence-electron chi connectivity index (χ3n) is 9.03. The number of hydrogen-bond acceptors (Lipinski definition) is 10. The van der Waals surface area contributed by atoms with Crippen molar-refractivity contribution in [1.29, 1.82) is 0 Å². The molecule has 5 rings (SSSR count). The second-order valence-electron chi connectivity index (χ2n) is 12.6. The summed E-state index contributed by atoms with van der Waals surface area (Å²) in [4.78, 5) is 71.7. The molecule has 0 amide bonds. The summed E-state index contributed by atoms with van der Waals surface area (Å²) in [5, 5.41) is 14.3. The number of rotatable bonds is 13. The molecule has 2 heterocycles. The Labute approximate surface area is 295 Å². The van der Waals surface area contributed by atoms with Crippen LogP contribution in [0, 0.1) is 22.9 Å². The molecule has 0 saturated carbocycles. The van der Waals surface area contributed by atoms with Gasteiger partial charge in [0.2, 0.25) is 0 Å². The van der Waals surface area contributed by atoms with Gasteiger partial charge in [-0.2, -0.15) is 13.2 Å². The Morgan fingerprint density at radius 2 is 1.60 bits per heavy atom. The molecule has 280 valence electrons. The van der Waals surface area contributed by atoms with Crippen LogP contribution in [0.1, 0.15) is 34.0 Å². The van der Waals surface area contributed by atoms with E-state index in [1.807, 2.05) is 4.90 Å². The molecule has 4 N–H and O–H groups in total. The number of nitrogens with one attached hydrogen (secondary N) is 1. The van der Waals surface area contributed by atoms with E-state index in [0.29, 0.717) is 30.8 Å². The normalized spacial score (nSPS) is 15.1. The minimum Gasteiger partial charge on any atom is -0.166 e. The topological polar surface area (TPSA) is 166 Å². The van der Waals surface area contributed by atoms with Crippen LogP contribution >= 0.6 is 7.94 Å². The van der Waals surface area contributed by atoms with E-state index in [4.69, 9.17) is 0 Å². The van der Waals surface area contributed by atoms with Crippen molar-refractivity contribution in [2.45, 2.75) is 38.8 Å². The fraction of sp³-hybridized carbons (Fsp3) is 0.353. The van der Waals surface area contributed by atoms with E-state index in [1.54, 1.807) is 47.4 Å². The Kier molecular flexibility index (Phi) is 11.9. The molecule has 0 spiro atoms. The number of halogens is 4. The molecular formula is C34H39F4N6O7P. The number of non-ortho nitro benzene ring substituents is 1. The van der Waals surface area contributed by atoms with Crippen molar-refractivity contribution >= 4 is 19.3 Å². The number of anilines is 1. The zero-order valence-corrected chi connectivity index (χ0v) is 29.1. The van der Waals surface area contributed by atoms with Crippen molar-refractivity contribution in [3.8, 4) is 0 Å². The van der Waals surface area contributed by atoms with Gasteiger partial charge in [-0.15, -0.1) is 0 Å². The number of nitrogens with zero attached hydrogens (tertiary/aromatic N) is 5. The maximum absolute atomic E-state index is 15.1. The molecule has 1 aliphatic rings. The van der Waals surface area contributed by atoms with E-state index in [1.165, 1.54) is 19.1 Å². The Morgan fingerprint density at radius 3 is 2.23 bits per heavy atom. The van der Waals surface area contributed by atoms with Crippen LogP contribution in [0.4, 0.5) is 28.9 Å². The number of alkyl halides is 3. The third kappa shape index (κ3) is 9.28. The summed E-state index contributed by atoms with van der Waals surface area (Å²) in [6, 6.07) is 16.5. The maximum atomic E-state index is 15.1. The fourth-order valence-corrected chi connectivity index (χ4v) is 6.85. The third-order valence-corrected chi connectivity index (χ3v) is 9.95. The molecule has 3 aromatic carbocycles. The summed E-state index contributed by atoms with van der Waals surface area (Å²) in [5.41, 5.74) is -2.42. The number of nitro groups is 1. The monoisotopic (exact) mass is 750 g/mol. The molecule has 0 unspecified atom stereocenters. The van der Waals surface area contributed by atoms with Crippen LogP contribution in [-0.4, -0.2) is 72.5 Å². The minimum atomic E-state index is -4.94. The first kappa shape index (κ1) is 38.7. The van der Waals surface area contributed by atoms with Gasteiger partial charge in [0, 0.05) is 18.7 Å². The molecule has 0 aliphatic carbocycles. The number of aromatic nitrogens is 2. The Morgan fingerprint density at radius 1 is 0.923 bits per heavy atom. The van der Waals surface area contributed by atoms with Gasteiger partial charge in [-0.25, -0.2) is 0 Å². The zero-order valence-electron chi connectivity index (χ0n) is 28.1. The minimum absolute atomic E-state index is 0.0376. The van der Waals surface area contributed by atoms with Gasteiger partial charge in [0.25, 0.3) is 5.69 Å². The molecule has 1 fully saturated rings. The van der Waals surface area contributed by atoms with Gasteiger partial charge in [-0.1, -0.05) is 18.2 Å². The van der Waals surface area contributed by atoms with Crippen LogP contribution < -0.4 is 21.5 Å². The van der Waals surface area contributed by atoms with Crippen molar-refractivity contribution < 1.29 is 37.2 Å². The fourth-order valence-electron chi connectivity index (χ4n) is 6.37. The summed E-state index contributed by atoms with van der Waals surface area (Å²) in [6.07, 6.45) is -5.34. The summed E-state index contributed by atoms with van der Waals surface area (Å²) in [7, 11) is -4.46. The van der Waals surface area contributed by atoms with Gasteiger partial charge >= 0.3 is 220 Å². The van der Waals surface area contributed by atoms with Gasteiger partial charge in [-0.05, 0) is 5.56 Å². The Bertz CT molecular complexity index is 2010. The molecule has 1 aromatic heterocycles. The molecular weight excluding hydrogens is 711 g/mol. The Balaban J connectivity index is 1.55. The molecule has 1 aliphatic heterocycles. The first-order chi connectivity index (χ1) is 24.5. The van der Waals surface area contributed by atoms with Crippen molar-refractivity contribution in [2.75, 3.05) is 43.8 Å². The van der Waals surface area contributed by atoms with Crippen LogP contribution in [0.15, 0.2) is 82.4 Å². The molecule has 4 aromatic rings. The van der Waals surface area contributed by atoms with E-state index in [-0.39, 0.29) is 43.2 Å². The molecule has 13 nitrogen and oxygen atoms in total. The van der Waals surface area contributed by atoms with Crippen molar-refractivity contribution in [1.82, 2.24) is 19.4 Å². The molecule has 1 atom stereocenters. The van der Waals surface area contributed by atoms with E-state index in [9.17, 15) is 47.6 Å². The predicted molar refractivity (Wildman–Crippen MR) is 188 cm³/mol. The summed E-state index contributed by atoms with van der Waals surface area (Å²) in [6.45, 7) is 1.83. The quantitative estimate of drug-likeness (QED) is 0.0688. The van der Waals surface area contributed by atoms with Gasteiger partial charge < -0.3 is 0 Å². The van der Waals surface area contributed by atoms with Crippen molar-refractivity contribution in [3.05, 3.63) is 138 Å². The molecule has 18 heteroatoms. The van der Waals surface area contributed by atoms with Crippen molar-refractivity contribution in [2.24, 2.45) is 0 Å². The molecule has 1 saturated heterocycles. The zero-order chi connectivity index (χ0) is 37.8. The van der Waals surface area contributed by atoms with Gasteiger partial charge in [0.05, 0.1) is 4.92 Å². The standard InChI is InChI=1S/C34H39F4N6O7P/c1-23-31(41-16-14-40(15-17-41)20-24-7-5-10-26(19-24)44(47)48)32(45)43(22-30(25-8-3-2-4-9-25)39-13-18-52(49,50)51)33(46)42(23)21-27-28(34(36,37)38)11-6-12-29(27)35/h2-12,19,30,39,49-52H,13-18,20-22H2,1H3/t30-/m0/s1. The number of piperazine rings is 1. The smallest absolute Gasteiger partial charge is 0.166 e. The average molecular weight is 751 g/mol. The van der Waals surface area contributed by atoms with Gasteiger partial charge in [0.1, 0.15) is 0 Å². The predicted octanol–water partition coefficient (Wildman–Crippen LogP) is 3.56. The number of nitro benzene ring substituents is 1. The van der Waals surface area contributed by atoms with Crippen LogP contribution in [0.2, 0.25) is 0 Å². The SMILES string of the molecule is Cc1c(N2CCN(Cc3cccc([N+](=O)[O-])c3)CC2)c(=O)n(C[C@H](NCC[PH](O)(O)O)c2ccccc2)c(=O)n1Cc1c(F)cccc1C(F)(F)F. The second-order valence-corrected chi connectivity index (χ2v) is 14.7. The molecule has 0 bridgehead atoms. The summed E-state index contributed by atoms with van der Waals surface area (Å²) >= 11 is 0. The summed E-state index contributed by atoms with van der Waals surface area (Å²) in [5.74, 6) is -1.18. The van der Waals surface area contributed by atoms with E-state index in [0.717, 1.165) is 27.3 Å². The molecule has 52 heavy (non-hydrogen) atoms. The summed E-state index contributed by atoms with van der Waals surface area (Å²) < 4.78 is 59.1. The number of hydrogen-bond donors (Lipinski definition) is 4. The van der Waals surface area contributed by atoms with Crippen LogP contribution in [0.25, 0.3) is 0 Å². The van der Waals surface area contributed by atoms with Crippen LogP contribution in [0.3, 0.4) is 0 Å². The number of benzene rings is 3.